The van der Waals surface area contributed by atoms with E-state index in [2.05, 4.69) is 4.98 Å². The van der Waals surface area contributed by atoms with Gasteiger partial charge in [0, 0.05) is 17.8 Å². The molecule has 0 fully saturated rings. The van der Waals surface area contributed by atoms with Crippen LogP contribution in [0.3, 0.4) is 0 Å². The van der Waals surface area contributed by atoms with Gasteiger partial charge in [-0.2, -0.15) is 0 Å². The minimum atomic E-state index is -0.375. The van der Waals surface area contributed by atoms with Gasteiger partial charge in [-0.1, -0.05) is 23.7 Å². The molecule has 6 heteroatoms. The van der Waals surface area contributed by atoms with Crippen LogP contribution in [0.4, 0.5) is 0 Å². The molecule has 2 heterocycles. The zero-order valence-electron chi connectivity index (χ0n) is 12.0. The molecule has 0 unspecified atom stereocenters. The van der Waals surface area contributed by atoms with E-state index in [1.807, 2.05) is 6.92 Å². The fraction of sp³-hybridized carbons (Fsp3) is 0.188. The summed E-state index contributed by atoms with van der Waals surface area (Å²) in [7, 11) is 0. The molecule has 0 aliphatic rings. The molecule has 0 saturated carbocycles. The third-order valence-electron chi connectivity index (χ3n) is 3.56. The number of halogens is 1. The van der Waals surface area contributed by atoms with E-state index in [0.29, 0.717) is 22.6 Å². The molecule has 0 radical (unpaired) electrons. The number of aryl methyl sites for hydroxylation is 1. The van der Waals surface area contributed by atoms with Gasteiger partial charge in [0.15, 0.2) is 5.52 Å². The predicted octanol–water partition coefficient (Wildman–Crippen LogP) is 2.28. The highest BCUT2D eigenvalue weighted by Gasteiger charge is 2.13. The molecule has 3 aromatic rings. The van der Waals surface area contributed by atoms with Crippen molar-refractivity contribution in [2.75, 3.05) is 0 Å². The Balaban J connectivity index is 2.23. The maximum Gasteiger partial charge on any atom is 0.331 e. The first-order chi connectivity index (χ1) is 10.6. The second-order valence-electron chi connectivity index (χ2n) is 4.92. The Hall–Kier alpha value is -2.40. The lowest BCUT2D eigenvalue weighted by atomic mass is 10.2. The summed E-state index contributed by atoms with van der Waals surface area (Å²) in [5.74, 6) is 0. The van der Waals surface area contributed by atoms with Gasteiger partial charge in [0.05, 0.1) is 12.1 Å². The van der Waals surface area contributed by atoms with Gasteiger partial charge in [-0.3, -0.25) is 13.9 Å². The summed E-state index contributed by atoms with van der Waals surface area (Å²) in [6, 6.07) is 10.5. The predicted molar refractivity (Wildman–Crippen MR) is 86.5 cm³/mol. The lowest BCUT2D eigenvalue weighted by molar-refractivity contribution is 0.621. The molecule has 5 nitrogen and oxygen atoms in total. The molecular weight excluding hydrogens is 302 g/mol. The van der Waals surface area contributed by atoms with Crippen LogP contribution in [-0.2, 0) is 13.1 Å². The second kappa shape index (κ2) is 5.77. The zero-order valence-corrected chi connectivity index (χ0v) is 12.7. The van der Waals surface area contributed by atoms with Crippen LogP contribution < -0.4 is 11.2 Å². The summed E-state index contributed by atoms with van der Waals surface area (Å²) in [6.07, 6.45) is 1.56. The first-order valence-corrected chi connectivity index (χ1v) is 7.32. The van der Waals surface area contributed by atoms with Crippen LogP contribution in [0.15, 0.2) is 52.2 Å². The van der Waals surface area contributed by atoms with Gasteiger partial charge >= 0.3 is 5.69 Å². The molecule has 0 atom stereocenters. The van der Waals surface area contributed by atoms with E-state index in [0.717, 1.165) is 5.56 Å². The quantitative estimate of drug-likeness (QED) is 0.745. The topological polar surface area (TPSA) is 56.9 Å². The molecule has 22 heavy (non-hydrogen) atoms. The van der Waals surface area contributed by atoms with E-state index in [-0.39, 0.29) is 17.8 Å². The number of aromatic nitrogens is 3. The summed E-state index contributed by atoms with van der Waals surface area (Å²) < 4.78 is 2.77. The smallest absolute Gasteiger partial charge is 0.292 e. The van der Waals surface area contributed by atoms with Gasteiger partial charge in [-0.15, -0.1) is 0 Å². The van der Waals surface area contributed by atoms with Crippen molar-refractivity contribution in [3.05, 3.63) is 74.0 Å². The molecule has 3 rings (SSSR count). The van der Waals surface area contributed by atoms with Gasteiger partial charge in [0.1, 0.15) is 0 Å². The van der Waals surface area contributed by atoms with Gasteiger partial charge in [-0.25, -0.2) is 9.78 Å². The SMILES string of the molecule is CCn1c(=O)n(Cc2ccc(Cl)cc2)c(=O)c2ncccc21. The molecule has 112 valence electrons. The Labute approximate surface area is 131 Å². The molecule has 0 saturated heterocycles. The average Bonchev–Trinajstić information content (AvgIpc) is 2.54. The van der Waals surface area contributed by atoms with Gasteiger partial charge in [0.25, 0.3) is 5.56 Å². The number of hydrogen-bond donors (Lipinski definition) is 0. The van der Waals surface area contributed by atoms with Crippen molar-refractivity contribution in [1.82, 2.24) is 14.1 Å². The van der Waals surface area contributed by atoms with Crippen LogP contribution in [0.2, 0.25) is 5.02 Å². The normalized spacial score (nSPS) is 11.0. The number of fused-ring (bicyclic) bond motifs is 1. The average molecular weight is 316 g/mol. The Bertz CT molecular complexity index is 942. The van der Waals surface area contributed by atoms with Crippen molar-refractivity contribution < 1.29 is 0 Å². The van der Waals surface area contributed by atoms with Crippen molar-refractivity contribution in [2.24, 2.45) is 0 Å². The first-order valence-electron chi connectivity index (χ1n) is 6.94. The fourth-order valence-electron chi connectivity index (χ4n) is 2.46. The van der Waals surface area contributed by atoms with Gasteiger partial charge in [0.2, 0.25) is 0 Å². The molecule has 2 aromatic heterocycles. The van der Waals surface area contributed by atoms with E-state index in [1.165, 1.54) is 4.57 Å². The van der Waals surface area contributed by atoms with Crippen LogP contribution >= 0.6 is 11.6 Å². The summed E-state index contributed by atoms with van der Waals surface area (Å²) >= 11 is 5.86. The minimum Gasteiger partial charge on any atom is -0.292 e. The molecular formula is C16H14ClN3O2. The number of hydrogen-bond acceptors (Lipinski definition) is 3. The number of benzene rings is 1. The third kappa shape index (κ3) is 2.44. The Kier molecular flexibility index (Phi) is 3.81. The molecule has 0 bridgehead atoms. The van der Waals surface area contributed by atoms with Gasteiger partial charge < -0.3 is 0 Å². The Morgan fingerprint density at radius 3 is 2.50 bits per heavy atom. The van der Waals surface area contributed by atoms with Crippen LogP contribution in [0.1, 0.15) is 12.5 Å². The summed E-state index contributed by atoms with van der Waals surface area (Å²) in [5, 5.41) is 0.613. The number of rotatable bonds is 3. The van der Waals surface area contributed by atoms with Crippen LogP contribution in [-0.4, -0.2) is 14.1 Å². The van der Waals surface area contributed by atoms with Crippen molar-refractivity contribution in [1.29, 1.82) is 0 Å². The minimum absolute atomic E-state index is 0.196. The van der Waals surface area contributed by atoms with E-state index in [1.54, 1.807) is 47.2 Å². The standard InChI is InChI=1S/C16H14ClN3O2/c1-2-19-13-4-3-9-18-14(13)15(21)20(16(19)22)10-11-5-7-12(17)8-6-11/h3-9H,2,10H2,1H3. The van der Waals surface area contributed by atoms with Crippen LogP contribution in [0.25, 0.3) is 11.0 Å². The number of pyridine rings is 1. The molecule has 0 aliphatic heterocycles. The highest BCUT2D eigenvalue weighted by Crippen LogP contribution is 2.10. The van der Waals surface area contributed by atoms with Crippen molar-refractivity contribution in [3.8, 4) is 0 Å². The molecule has 0 aliphatic carbocycles. The Morgan fingerprint density at radius 1 is 1.09 bits per heavy atom. The first kappa shape index (κ1) is 14.5. The highest BCUT2D eigenvalue weighted by atomic mass is 35.5. The highest BCUT2D eigenvalue weighted by molar-refractivity contribution is 6.30. The lowest BCUT2D eigenvalue weighted by Crippen LogP contribution is -2.40. The lowest BCUT2D eigenvalue weighted by Gasteiger charge is -2.12. The van der Waals surface area contributed by atoms with Crippen LogP contribution in [0.5, 0.6) is 0 Å². The maximum atomic E-state index is 12.6. The van der Waals surface area contributed by atoms with E-state index in [9.17, 15) is 9.59 Å². The monoisotopic (exact) mass is 315 g/mol. The molecule has 0 spiro atoms. The van der Waals surface area contributed by atoms with E-state index in [4.69, 9.17) is 11.6 Å². The number of nitrogens with zero attached hydrogens (tertiary/aromatic N) is 3. The van der Waals surface area contributed by atoms with Crippen molar-refractivity contribution in [2.45, 2.75) is 20.0 Å². The van der Waals surface area contributed by atoms with Crippen molar-refractivity contribution >= 4 is 22.6 Å². The zero-order chi connectivity index (χ0) is 15.7. The summed E-state index contributed by atoms with van der Waals surface area (Å²) in [4.78, 5) is 29.3. The van der Waals surface area contributed by atoms with Gasteiger partial charge in [-0.05, 0) is 36.8 Å². The largest absolute Gasteiger partial charge is 0.331 e. The summed E-state index contributed by atoms with van der Waals surface area (Å²) in [6.45, 7) is 2.54. The summed E-state index contributed by atoms with van der Waals surface area (Å²) in [5.41, 5.74) is 0.995. The molecule has 1 aromatic carbocycles. The molecule has 0 amide bonds. The maximum absolute atomic E-state index is 12.6. The van der Waals surface area contributed by atoms with Crippen molar-refractivity contribution in [3.63, 3.8) is 0 Å². The third-order valence-corrected chi connectivity index (χ3v) is 3.81. The van der Waals surface area contributed by atoms with Crippen LogP contribution in [0, 0.1) is 0 Å². The molecule has 0 N–H and O–H groups in total. The second-order valence-corrected chi connectivity index (χ2v) is 5.35. The van der Waals surface area contributed by atoms with E-state index < -0.39 is 0 Å². The van der Waals surface area contributed by atoms with E-state index >= 15 is 0 Å². The Morgan fingerprint density at radius 2 is 1.82 bits per heavy atom. The fourth-order valence-corrected chi connectivity index (χ4v) is 2.59.